The molecule has 21 heavy (non-hydrogen) atoms. The number of hydrogen-bond donors (Lipinski definition) is 0. The molecule has 0 unspecified atom stereocenters. The van der Waals surface area contributed by atoms with Crippen molar-refractivity contribution in [2.45, 2.75) is 65.7 Å². The summed E-state index contributed by atoms with van der Waals surface area (Å²) >= 11 is 0. The van der Waals surface area contributed by atoms with E-state index in [9.17, 15) is 0 Å². The first-order valence-corrected chi connectivity index (χ1v) is 8.62. The summed E-state index contributed by atoms with van der Waals surface area (Å²) in [7, 11) is 0. The summed E-state index contributed by atoms with van der Waals surface area (Å²) in [5.41, 5.74) is 3.81. The Labute approximate surface area is 129 Å². The highest BCUT2D eigenvalue weighted by Gasteiger charge is 2.52. The van der Waals surface area contributed by atoms with Crippen molar-refractivity contribution in [2.24, 2.45) is 22.7 Å². The lowest BCUT2D eigenvalue weighted by Crippen LogP contribution is -2.49. The number of aryl methyl sites for hydroxylation is 1. The topological polar surface area (TPSA) is 13.1 Å². The van der Waals surface area contributed by atoms with Gasteiger partial charge in [0.1, 0.15) is 0 Å². The van der Waals surface area contributed by atoms with Crippen molar-refractivity contribution in [1.29, 1.82) is 0 Å². The molecule has 2 aliphatic rings. The molecule has 2 fully saturated rings. The minimum Gasteiger partial charge on any atom is -0.472 e. The third kappa shape index (κ3) is 2.60. The van der Waals surface area contributed by atoms with Gasteiger partial charge < -0.3 is 4.42 Å². The lowest BCUT2D eigenvalue weighted by molar-refractivity contribution is -0.0539. The van der Waals surface area contributed by atoms with Gasteiger partial charge in [0.15, 0.2) is 0 Å². The summed E-state index contributed by atoms with van der Waals surface area (Å²) in [4.78, 5) is 0. The number of allylic oxidation sites excluding steroid dienone is 1. The van der Waals surface area contributed by atoms with Gasteiger partial charge in [0, 0.05) is 0 Å². The lowest BCUT2D eigenvalue weighted by Gasteiger charge is -2.58. The fourth-order valence-electron chi connectivity index (χ4n) is 5.55. The second-order valence-electron chi connectivity index (χ2n) is 8.32. The Morgan fingerprint density at radius 1 is 1.29 bits per heavy atom. The van der Waals surface area contributed by atoms with Crippen molar-refractivity contribution in [3.63, 3.8) is 0 Å². The quantitative estimate of drug-likeness (QED) is 0.620. The van der Waals surface area contributed by atoms with Crippen molar-refractivity contribution in [1.82, 2.24) is 0 Å². The maximum atomic E-state index is 5.22. The molecule has 0 N–H and O–H groups in total. The minimum atomic E-state index is 0.459. The van der Waals surface area contributed by atoms with Crippen LogP contribution in [0.2, 0.25) is 0 Å². The Balaban J connectivity index is 1.81. The van der Waals surface area contributed by atoms with E-state index in [0.29, 0.717) is 16.7 Å². The third-order valence-corrected chi connectivity index (χ3v) is 6.62. The molecule has 3 atom stereocenters. The van der Waals surface area contributed by atoms with E-state index in [2.05, 4.69) is 33.4 Å². The summed E-state index contributed by atoms with van der Waals surface area (Å²) in [6.45, 7) is 12.0. The highest BCUT2D eigenvalue weighted by molar-refractivity contribution is 5.17. The molecule has 2 aliphatic carbocycles. The first kappa shape index (κ1) is 14.9. The van der Waals surface area contributed by atoms with E-state index in [1.165, 1.54) is 49.7 Å². The molecule has 1 aromatic heterocycles. The normalized spacial score (nSPS) is 35.5. The van der Waals surface area contributed by atoms with Crippen molar-refractivity contribution >= 4 is 0 Å². The Bertz CT molecular complexity index is 496. The van der Waals surface area contributed by atoms with E-state index >= 15 is 0 Å². The maximum Gasteiger partial charge on any atom is 0.0934 e. The molecule has 1 heteroatoms. The van der Waals surface area contributed by atoms with Crippen LogP contribution < -0.4 is 0 Å². The minimum absolute atomic E-state index is 0.459. The van der Waals surface area contributed by atoms with Crippen LogP contribution in [-0.2, 0) is 6.42 Å². The zero-order valence-corrected chi connectivity index (χ0v) is 14.0. The second-order valence-corrected chi connectivity index (χ2v) is 8.32. The first-order valence-electron chi connectivity index (χ1n) is 8.62. The molecule has 116 valence electrons. The molecule has 1 nitrogen and oxygen atoms in total. The fourth-order valence-corrected chi connectivity index (χ4v) is 5.55. The molecule has 0 bridgehead atoms. The van der Waals surface area contributed by atoms with Gasteiger partial charge in [-0.2, -0.15) is 0 Å². The first-order chi connectivity index (χ1) is 9.93. The number of hydrogen-bond acceptors (Lipinski definition) is 1. The van der Waals surface area contributed by atoms with Crippen molar-refractivity contribution in [3.05, 3.63) is 36.3 Å². The molecule has 1 heterocycles. The maximum absolute atomic E-state index is 5.22. The van der Waals surface area contributed by atoms with Crippen LogP contribution in [0, 0.1) is 22.7 Å². The highest BCUT2D eigenvalue weighted by Crippen LogP contribution is 2.61. The molecule has 0 aromatic carbocycles. The monoisotopic (exact) mass is 286 g/mol. The van der Waals surface area contributed by atoms with Crippen LogP contribution in [0.15, 0.2) is 35.2 Å². The smallest absolute Gasteiger partial charge is 0.0934 e. The standard InChI is InChI=1S/C20H30O/c1-15-6-9-18-19(2,3)11-5-12-20(18,4)17(15)8-7-16-10-13-21-14-16/h10,13-14,17-18H,1,5-9,11-12H2,2-4H3/t17-,18-,20-/m0/s1. The number of rotatable bonds is 3. The van der Waals surface area contributed by atoms with Gasteiger partial charge in [-0.15, -0.1) is 0 Å². The Kier molecular flexibility index (Phi) is 3.80. The Hall–Kier alpha value is -0.980. The lowest BCUT2D eigenvalue weighted by atomic mass is 9.47. The Morgan fingerprint density at radius 3 is 2.81 bits per heavy atom. The van der Waals surface area contributed by atoms with Crippen LogP contribution in [0.25, 0.3) is 0 Å². The molecule has 0 spiro atoms. The van der Waals surface area contributed by atoms with Crippen molar-refractivity contribution in [2.75, 3.05) is 0 Å². The van der Waals surface area contributed by atoms with Crippen LogP contribution in [0.1, 0.15) is 64.9 Å². The molecule has 0 radical (unpaired) electrons. The van der Waals surface area contributed by atoms with Crippen LogP contribution in [0.5, 0.6) is 0 Å². The van der Waals surface area contributed by atoms with E-state index < -0.39 is 0 Å². The highest BCUT2D eigenvalue weighted by atomic mass is 16.3. The van der Waals surface area contributed by atoms with Gasteiger partial charge in [0.2, 0.25) is 0 Å². The molecular weight excluding hydrogens is 256 g/mol. The van der Waals surface area contributed by atoms with Crippen molar-refractivity contribution in [3.8, 4) is 0 Å². The molecule has 2 saturated carbocycles. The van der Waals surface area contributed by atoms with E-state index in [0.717, 1.165) is 12.3 Å². The largest absolute Gasteiger partial charge is 0.472 e. The summed E-state index contributed by atoms with van der Waals surface area (Å²) in [5.74, 6) is 1.55. The van der Waals surface area contributed by atoms with Crippen LogP contribution in [0.3, 0.4) is 0 Å². The summed E-state index contributed by atoms with van der Waals surface area (Å²) < 4.78 is 5.22. The second kappa shape index (κ2) is 5.34. The summed E-state index contributed by atoms with van der Waals surface area (Å²) in [6.07, 6.45) is 12.8. The average Bonchev–Trinajstić information content (AvgIpc) is 2.90. The summed E-state index contributed by atoms with van der Waals surface area (Å²) in [6, 6.07) is 2.11. The average molecular weight is 286 g/mol. The van der Waals surface area contributed by atoms with Gasteiger partial charge in [-0.25, -0.2) is 0 Å². The van der Waals surface area contributed by atoms with Gasteiger partial charge >= 0.3 is 0 Å². The van der Waals surface area contributed by atoms with Crippen LogP contribution in [0.4, 0.5) is 0 Å². The van der Waals surface area contributed by atoms with Crippen molar-refractivity contribution < 1.29 is 4.42 Å². The van der Waals surface area contributed by atoms with Gasteiger partial charge in [0.05, 0.1) is 12.5 Å². The fraction of sp³-hybridized carbons (Fsp3) is 0.700. The van der Waals surface area contributed by atoms with Gasteiger partial charge in [-0.05, 0) is 72.8 Å². The Morgan fingerprint density at radius 2 is 2.10 bits per heavy atom. The molecule has 0 aliphatic heterocycles. The molecular formula is C20H30O. The van der Waals surface area contributed by atoms with E-state index in [-0.39, 0.29) is 0 Å². The molecule has 0 saturated heterocycles. The SMILES string of the molecule is C=C1CC[C@H]2C(C)(C)CCC[C@@]2(C)[C@H]1CCc1ccoc1. The van der Waals surface area contributed by atoms with E-state index in [4.69, 9.17) is 4.42 Å². The van der Waals surface area contributed by atoms with E-state index in [1.807, 2.05) is 6.26 Å². The zero-order chi connectivity index (χ0) is 15.1. The van der Waals surface area contributed by atoms with Crippen LogP contribution >= 0.6 is 0 Å². The molecule has 1 aromatic rings. The van der Waals surface area contributed by atoms with Gasteiger partial charge in [-0.1, -0.05) is 39.3 Å². The molecule has 0 amide bonds. The summed E-state index contributed by atoms with van der Waals surface area (Å²) in [5, 5.41) is 0. The van der Waals surface area contributed by atoms with Crippen LogP contribution in [-0.4, -0.2) is 0 Å². The van der Waals surface area contributed by atoms with E-state index in [1.54, 1.807) is 6.26 Å². The molecule has 3 rings (SSSR count). The predicted molar refractivity (Wildman–Crippen MR) is 88.1 cm³/mol. The number of furan rings is 1. The zero-order valence-electron chi connectivity index (χ0n) is 14.0. The number of fused-ring (bicyclic) bond motifs is 1. The predicted octanol–water partition coefficient (Wildman–Crippen LogP) is 6.01. The van der Waals surface area contributed by atoms with Gasteiger partial charge in [-0.3, -0.25) is 0 Å². The third-order valence-electron chi connectivity index (χ3n) is 6.62. The van der Waals surface area contributed by atoms with Gasteiger partial charge in [0.25, 0.3) is 0 Å².